The third kappa shape index (κ3) is 3.82. The maximum atomic E-state index is 2.21. The molecule has 120 valence electrons. The lowest BCUT2D eigenvalue weighted by Gasteiger charge is -2.09. The molecule has 0 N–H and O–H groups in total. The van der Waals surface area contributed by atoms with Gasteiger partial charge in [0.25, 0.3) is 0 Å². The van der Waals surface area contributed by atoms with Gasteiger partial charge in [-0.1, -0.05) is 108 Å². The fourth-order valence-corrected chi connectivity index (χ4v) is 2.67. The fourth-order valence-electron chi connectivity index (χ4n) is 2.67. The lowest BCUT2D eigenvalue weighted by Crippen LogP contribution is -1.82. The molecule has 0 aliphatic carbocycles. The minimum Gasteiger partial charge on any atom is -0.0656 e. The molecule has 0 saturated carbocycles. The van der Waals surface area contributed by atoms with Crippen molar-refractivity contribution in [1.82, 2.24) is 0 Å². The van der Waals surface area contributed by atoms with Crippen LogP contribution in [0.1, 0.15) is 47.0 Å². The first-order chi connectivity index (χ1) is 11.3. The molecule has 0 amide bonds. The summed E-state index contributed by atoms with van der Waals surface area (Å²) in [4.78, 5) is 0. The van der Waals surface area contributed by atoms with Crippen LogP contribution in [0.15, 0.2) is 60.7 Å². The van der Waals surface area contributed by atoms with Crippen molar-refractivity contribution < 1.29 is 0 Å². The van der Waals surface area contributed by atoms with E-state index in [0.717, 1.165) is 0 Å². The number of rotatable bonds is 1. The first-order valence-corrected chi connectivity index (χ1v) is 8.89. The zero-order valence-corrected chi connectivity index (χ0v) is 14.9. The summed E-state index contributed by atoms with van der Waals surface area (Å²) < 4.78 is 0. The van der Waals surface area contributed by atoms with E-state index in [4.69, 9.17) is 0 Å². The minimum atomic E-state index is 1.25. The summed E-state index contributed by atoms with van der Waals surface area (Å²) >= 11 is 0. The molecule has 0 spiro atoms. The van der Waals surface area contributed by atoms with Crippen molar-refractivity contribution >= 4 is 32.3 Å². The number of benzene rings is 4. The number of unbranched alkanes of at least 4 members (excludes halogenated alkanes) is 1. The second-order valence-electron chi connectivity index (χ2n) is 6.00. The van der Waals surface area contributed by atoms with Crippen LogP contribution in [0.5, 0.6) is 0 Å². The highest BCUT2D eigenvalue weighted by molar-refractivity contribution is 6.22. The van der Waals surface area contributed by atoms with Crippen molar-refractivity contribution in [2.75, 3.05) is 0 Å². The van der Waals surface area contributed by atoms with E-state index in [1.807, 2.05) is 0 Å². The van der Waals surface area contributed by atoms with Crippen LogP contribution in [0.3, 0.4) is 0 Å². The predicted molar refractivity (Wildman–Crippen MR) is 107 cm³/mol. The van der Waals surface area contributed by atoms with E-state index >= 15 is 0 Å². The molecule has 0 fully saturated rings. The molecule has 0 aliphatic rings. The Morgan fingerprint density at radius 2 is 0.739 bits per heavy atom. The SMILES string of the molecule is CCC.CCCC.c1cc2ccc3cccc4ccc(c1)c2c34. The van der Waals surface area contributed by atoms with E-state index < -0.39 is 0 Å². The van der Waals surface area contributed by atoms with Gasteiger partial charge in [0, 0.05) is 0 Å². The van der Waals surface area contributed by atoms with Gasteiger partial charge in [-0.3, -0.25) is 0 Å². The molecular weight excluding hydrogens is 276 g/mol. The molecular formula is C23H28. The third-order valence-electron chi connectivity index (χ3n) is 3.89. The summed E-state index contributed by atoms with van der Waals surface area (Å²) in [6.45, 7) is 8.61. The number of hydrogen-bond acceptors (Lipinski definition) is 0. The molecule has 0 saturated heterocycles. The van der Waals surface area contributed by atoms with Gasteiger partial charge < -0.3 is 0 Å². The maximum Gasteiger partial charge on any atom is -0.00268 e. The topological polar surface area (TPSA) is 0 Å². The van der Waals surface area contributed by atoms with Crippen molar-refractivity contribution in [3.8, 4) is 0 Å². The molecule has 0 aromatic heterocycles. The second-order valence-corrected chi connectivity index (χ2v) is 6.00. The smallest absolute Gasteiger partial charge is 0.00268 e. The van der Waals surface area contributed by atoms with Gasteiger partial charge in [-0.05, 0) is 32.3 Å². The Balaban J connectivity index is 0.000000238. The summed E-state index contributed by atoms with van der Waals surface area (Å²) in [5.41, 5.74) is 0. The fraction of sp³-hybridized carbons (Fsp3) is 0.304. The first-order valence-electron chi connectivity index (χ1n) is 8.89. The lowest BCUT2D eigenvalue weighted by atomic mass is 9.95. The van der Waals surface area contributed by atoms with E-state index in [1.54, 1.807) is 0 Å². The summed E-state index contributed by atoms with van der Waals surface area (Å²) in [6.07, 6.45) is 3.89. The third-order valence-corrected chi connectivity index (χ3v) is 3.89. The van der Waals surface area contributed by atoms with Crippen molar-refractivity contribution in [2.45, 2.75) is 47.0 Å². The summed E-state index contributed by atoms with van der Waals surface area (Å²) in [5, 5.41) is 8.14. The van der Waals surface area contributed by atoms with Gasteiger partial charge >= 0.3 is 0 Å². The summed E-state index contributed by atoms with van der Waals surface area (Å²) in [6, 6.07) is 21.9. The zero-order chi connectivity index (χ0) is 16.7. The molecule has 4 aromatic carbocycles. The lowest BCUT2D eigenvalue weighted by molar-refractivity contribution is 0.886. The van der Waals surface area contributed by atoms with Crippen LogP contribution in [0.25, 0.3) is 32.3 Å². The standard InChI is InChI=1S/C16H10.C4H10.C3H8/c1-3-11-7-9-13-5-2-6-14-10-8-12(4-1)15(11)16(13)14;1-3-4-2;1-3-2/h1-10H;3-4H2,1-2H3;3H2,1-2H3. The van der Waals surface area contributed by atoms with Crippen molar-refractivity contribution in [2.24, 2.45) is 0 Å². The Morgan fingerprint density at radius 3 is 0.957 bits per heavy atom. The van der Waals surface area contributed by atoms with Gasteiger partial charge in [0.05, 0.1) is 0 Å². The van der Waals surface area contributed by atoms with Crippen LogP contribution in [0.4, 0.5) is 0 Å². The predicted octanol–water partition coefficient (Wildman–Crippen LogP) is 7.81. The molecule has 0 unspecified atom stereocenters. The Kier molecular flexibility index (Phi) is 6.40. The summed E-state index contributed by atoms with van der Waals surface area (Å²) in [7, 11) is 0. The summed E-state index contributed by atoms with van der Waals surface area (Å²) in [5.74, 6) is 0. The van der Waals surface area contributed by atoms with Crippen molar-refractivity contribution in [3.05, 3.63) is 60.7 Å². The molecule has 0 bridgehead atoms. The van der Waals surface area contributed by atoms with Gasteiger partial charge in [-0.25, -0.2) is 0 Å². The molecule has 0 heteroatoms. The molecule has 0 radical (unpaired) electrons. The van der Waals surface area contributed by atoms with Gasteiger partial charge in [0.15, 0.2) is 0 Å². The molecule has 23 heavy (non-hydrogen) atoms. The van der Waals surface area contributed by atoms with Gasteiger partial charge in [-0.2, -0.15) is 0 Å². The van der Waals surface area contributed by atoms with E-state index in [2.05, 4.69) is 88.4 Å². The molecule has 0 heterocycles. The quantitative estimate of drug-likeness (QED) is 0.314. The van der Waals surface area contributed by atoms with Gasteiger partial charge in [-0.15, -0.1) is 0 Å². The van der Waals surface area contributed by atoms with Crippen LogP contribution in [0.2, 0.25) is 0 Å². The average molecular weight is 304 g/mol. The minimum absolute atomic E-state index is 1.25. The van der Waals surface area contributed by atoms with Crippen LogP contribution in [0, 0.1) is 0 Å². The van der Waals surface area contributed by atoms with Gasteiger partial charge in [0.1, 0.15) is 0 Å². The van der Waals surface area contributed by atoms with E-state index in [0.29, 0.717) is 0 Å². The van der Waals surface area contributed by atoms with Crippen molar-refractivity contribution in [1.29, 1.82) is 0 Å². The first kappa shape index (κ1) is 17.3. The van der Waals surface area contributed by atoms with Crippen LogP contribution >= 0.6 is 0 Å². The van der Waals surface area contributed by atoms with E-state index in [9.17, 15) is 0 Å². The highest BCUT2D eigenvalue weighted by atomic mass is 14.1. The Morgan fingerprint density at radius 1 is 0.478 bits per heavy atom. The normalized spacial score (nSPS) is 10.3. The zero-order valence-electron chi connectivity index (χ0n) is 14.9. The second kappa shape index (κ2) is 8.53. The van der Waals surface area contributed by atoms with E-state index in [1.165, 1.54) is 51.6 Å². The Bertz CT molecular complexity index is 710. The molecule has 0 atom stereocenters. The molecule has 4 rings (SSSR count). The van der Waals surface area contributed by atoms with E-state index in [-0.39, 0.29) is 0 Å². The number of hydrogen-bond donors (Lipinski definition) is 0. The highest BCUT2D eigenvalue weighted by Crippen LogP contribution is 2.33. The Hall–Kier alpha value is -2.08. The molecule has 0 nitrogen and oxygen atoms in total. The van der Waals surface area contributed by atoms with Crippen molar-refractivity contribution in [3.63, 3.8) is 0 Å². The van der Waals surface area contributed by atoms with Crippen LogP contribution in [-0.4, -0.2) is 0 Å². The van der Waals surface area contributed by atoms with Crippen LogP contribution in [-0.2, 0) is 0 Å². The van der Waals surface area contributed by atoms with Crippen LogP contribution < -0.4 is 0 Å². The van der Waals surface area contributed by atoms with Gasteiger partial charge in [0.2, 0.25) is 0 Å². The monoisotopic (exact) mass is 304 g/mol. The largest absolute Gasteiger partial charge is 0.0656 e. The maximum absolute atomic E-state index is 2.21. The average Bonchev–Trinajstić information content (AvgIpc) is 2.61. The Labute approximate surface area is 140 Å². The molecule has 4 aromatic rings. The molecule has 0 aliphatic heterocycles. The highest BCUT2D eigenvalue weighted by Gasteiger charge is 2.05.